The van der Waals surface area contributed by atoms with Gasteiger partial charge in [-0.15, -0.1) is 0 Å². The van der Waals surface area contributed by atoms with Gasteiger partial charge in [-0.25, -0.2) is 4.98 Å². The van der Waals surface area contributed by atoms with Crippen molar-refractivity contribution in [2.75, 3.05) is 13.4 Å². The number of carbonyl (C=O) groups is 1. The Morgan fingerprint density at radius 2 is 2.37 bits per heavy atom. The van der Waals surface area contributed by atoms with Crippen LogP contribution in [-0.2, 0) is 0 Å². The second-order valence-electron chi connectivity index (χ2n) is 4.75. The maximum Gasteiger partial charge on any atom is 0.256 e. The lowest BCUT2D eigenvalue weighted by Crippen LogP contribution is -2.39. The predicted octanol–water partition coefficient (Wildman–Crippen LogP) is 2.49. The molecule has 0 saturated heterocycles. The fourth-order valence-corrected chi connectivity index (χ4v) is 3.31. The summed E-state index contributed by atoms with van der Waals surface area (Å²) in [5, 5.41) is 3.76. The SMILES string of the molecule is COc1ncccc1C(=O)N[C@@H]1CCC[C@@H](SC)C1. The van der Waals surface area contributed by atoms with E-state index in [0.717, 1.165) is 12.8 Å². The van der Waals surface area contributed by atoms with Crippen LogP contribution >= 0.6 is 11.8 Å². The summed E-state index contributed by atoms with van der Waals surface area (Å²) < 4.78 is 5.12. The van der Waals surface area contributed by atoms with Crippen molar-refractivity contribution in [2.24, 2.45) is 0 Å². The molecule has 2 rings (SSSR count). The Kier molecular flexibility index (Phi) is 5.07. The van der Waals surface area contributed by atoms with Gasteiger partial charge in [0.05, 0.1) is 7.11 Å². The van der Waals surface area contributed by atoms with Crippen LogP contribution in [0.2, 0.25) is 0 Å². The number of hydrogen-bond acceptors (Lipinski definition) is 4. The maximum absolute atomic E-state index is 12.2. The van der Waals surface area contributed by atoms with Gasteiger partial charge in [-0.1, -0.05) is 6.42 Å². The zero-order chi connectivity index (χ0) is 13.7. The van der Waals surface area contributed by atoms with E-state index in [4.69, 9.17) is 4.74 Å². The molecule has 0 unspecified atom stereocenters. The van der Waals surface area contributed by atoms with Gasteiger partial charge in [0.2, 0.25) is 5.88 Å². The minimum absolute atomic E-state index is 0.0864. The summed E-state index contributed by atoms with van der Waals surface area (Å²) in [5.74, 6) is 0.300. The molecule has 1 aromatic rings. The highest BCUT2D eigenvalue weighted by Gasteiger charge is 2.24. The zero-order valence-corrected chi connectivity index (χ0v) is 12.2. The smallest absolute Gasteiger partial charge is 0.256 e. The second kappa shape index (κ2) is 6.80. The Balaban J connectivity index is 2.00. The van der Waals surface area contributed by atoms with Crippen molar-refractivity contribution < 1.29 is 9.53 Å². The van der Waals surface area contributed by atoms with Crippen molar-refractivity contribution in [2.45, 2.75) is 37.0 Å². The van der Waals surface area contributed by atoms with E-state index in [0.29, 0.717) is 16.7 Å². The zero-order valence-electron chi connectivity index (χ0n) is 11.4. The predicted molar refractivity (Wildman–Crippen MR) is 77.8 cm³/mol. The molecule has 1 fully saturated rings. The van der Waals surface area contributed by atoms with E-state index in [1.165, 1.54) is 20.0 Å². The monoisotopic (exact) mass is 280 g/mol. The van der Waals surface area contributed by atoms with Crippen molar-refractivity contribution in [1.82, 2.24) is 10.3 Å². The fourth-order valence-electron chi connectivity index (χ4n) is 2.48. The van der Waals surface area contributed by atoms with E-state index in [9.17, 15) is 4.79 Å². The quantitative estimate of drug-likeness (QED) is 0.920. The van der Waals surface area contributed by atoms with Crippen LogP contribution in [0.3, 0.4) is 0 Å². The first-order valence-electron chi connectivity index (χ1n) is 6.57. The Labute approximate surface area is 118 Å². The molecular weight excluding hydrogens is 260 g/mol. The first-order chi connectivity index (χ1) is 9.24. The summed E-state index contributed by atoms with van der Waals surface area (Å²) in [6.45, 7) is 0. The average Bonchev–Trinajstić information content (AvgIpc) is 2.47. The molecule has 2 atom stereocenters. The van der Waals surface area contributed by atoms with E-state index in [2.05, 4.69) is 16.6 Å². The van der Waals surface area contributed by atoms with Gasteiger partial charge < -0.3 is 10.1 Å². The molecule has 0 radical (unpaired) electrons. The largest absolute Gasteiger partial charge is 0.480 e. The topological polar surface area (TPSA) is 51.2 Å². The first-order valence-corrected chi connectivity index (χ1v) is 7.86. The van der Waals surface area contributed by atoms with Crippen molar-refractivity contribution >= 4 is 17.7 Å². The molecule has 19 heavy (non-hydrogen) atoms. The maximum atomic E-state index is 12.2. The third kappa shape index (κ3) is 3.62. The molecule has 0 aliphatic heterocycles. The Hall–Kier alpha value is -1.23. The molecule has 1 N–H and O–H groups in total. The van der Waals surface area contributed by atoms with E-state index in [1.807, 2.05) is 11.8 Å². The third-order valence-electron chi connectivity index (χ3n) is 3.50. The molecule has 1 amide bonds. The number of aromatic nitrogens is 1. The molecule has 104 valence electrons. The summed E-state index contributed by atoms with van der Waals surface area (Å²) >= 11 is 1.89. The third-order valence-corrected chi connectivity index (χ3v) is 4.60. The van der Waals surface area contributed by atoms with E-state index in [1.54, 1.807) is 18.3 Å². The van der Waals surface area contributed by atoms with Crippen molar-refractivity contribution in [3.05, 3.63) is 23.9 Å². The van der Waals surface area contributed by atoms with Gasteiger partial charge in [0, 0.05) is 17.5 Å². The van der Waals surface area contributed by atoms with Crippen LogP contribution < -0.4 is 10.1 Å². The molecule has 4 nitrogen and oxygen atoms in total. The normalized spacial score (nSPS) is 22.8. The number of carbonyl (C=O) groups excluding carboxylic acids is 1. The average molecular weight is 280 g/mol. The molecule has 1 aromatic heterocycles. The highest BCUT2D eigenvalue weighted by Crippen LogP contribution is 2.27. The van der Waals surface area contributed by atoms with Crippen LogP contribution in [0.5, 0.6) is 5.88 Å². The van der Waals surface area contributed by atoms with Crippen LogP contribution in [0.15, 0.2) is 18.3 Å². The van der Waals surface area contributed by atoms with Crippen molar-refractivity contribution in [3.63, 3.8) is 0 Å². The molecule has 1 saturated carbocycles. The van der Waals surface area contributed by atoms with Crippen LogP contribution in [0.1, 0.15) is 36.0 Å². The standard InChI is InChI=1S/C14H20N2O2S/c1-18-14-12(7-4-8-15-14)13(17)16-10-5-3-6-11(9-10)19-2/h4,7-8,10-11H,3,5-6,9H2,1-2H3,(H,16,17)/t10-,11-/m1/s1. The number of nitrogens with one attached hydrogen (secondary N) is 1. The molecule has 1 heterocycles. The van der Waals surface area contributed by atoms with Gasteiger partial charge in [-0.3, -0.25) is 4.79 Å². The highest BCUT2D eigenvalue weighted by molar-refractivity contribution is 7.99. The number of hydrogen-bond donors (Lipinski definition) is 1. The summed E-state index contributed by atoms with van der Waals surface area (Å²) in [6, 6.07) is 3.77. The summed E-state index contributed by atoms with van der Waals surface area (Å²) in [4.78, 5) is 16.3. The Bertz CT molecular complexity index is 439. The number of rotatable bonds is 4. The van der Waals surface area contributed by atoms with Gasteiger partial charge >= 0.3 is 0 Å². The summed E-state index contributed by atoms with van der Waals surface area (Å²) in [7, 11) is 1.53. The highest BCUT2D eigenvalue weighted by atomic mass is 32.2. The molecule has 0 bridgehead atoms. The van der Waals surface area contributed by atoms with Crippen molar-refractivity contribution in [3.8, 4) is 5.88 Å². The Morgan fingerprint density at radius 1 is 1.53 bits per heavy atom. The first kappa shape index (κ1) is 14.2. The minimum atomic E-state index is -0.0864. The molecular formula is C14H20N2O2S. The lowest BCUT2D eigenvalue weighted by molar-refractivity contribution is 0.0924. The number of ether oxygens (including phenoxy) is 1. The number of pyridine rings is 1. The molecule has 0 spiro atoms. The van der Waals surface area contributed by atoms with E-state index in [-0.39, 0.29) is 11.9 Å². The van der Waals surface area contributed by atoms with Gasteiger partial charge in [-0.2, -0.15) is 11.8 Å². The van der Waals surface area contributed by atoms with Gasteiger partial charge in [0.25, 0.3) is 5.91 Å². The second-order valence-corrected chi connectivity index (χ2v) is 5.89. The molecule has 0 aromatic carbocycles. The van der Waals surface area contributed by atoms with Crippen molar-refractivity contribution in [1.29, 1.82) is 0 Å². The van der Waals surface area contributed by atoms with Gasteiger partial charge in [0.1, 0.15) is 5.56 Å². The van der Waals surface area contributed by atoms with Crippen LogP contribution in [0, 0.1) is 0 Å². The number of methoxy groups -OCH3 is 1. The lowest BCUT2D eigenvalue weighted by Gasteiger charge is -2.28. The molecule has 1 aliphatic carbocycles. The molecule has 1 aliphatic rings. The van der Waals surface area contributed by atoms with Gasteiger partial charge in [-0.05, 0) is 37.7 Å². The fraction of sp³-hybridized carbons (Fsp3) is 0.571. The van der Waals surface area contributed by atoms with E-state index >= 15 is 0 Å². The number of nitrogens with zero attached hydrogens (tertiary/aromatic N) is 1. The summed E-state index contributed by atoms with van der Waals surface area (Å²) in [6.07, 6.45) is 8.31. The number of amides is 1. The van der Waals surface area contributed by atoms with Crippen LogP contribution in [-0.4, -0.2) is 35.5 Å². The number of thioether (sulfide) groups is 1. The van der Waals surface area contributed by atoms with E-state index < -0.39 is 0 Å². The van der Waals surface area contributed by atoms with Crippen LogP contribution in [0.4, 0.5) is 0 Å². The van der Waals surface area contributed by atoms with Gasteiger partial charge in [0.15, 0.2) is 0 Å². The summed E-state index contributed by atoms with van der Waals surface area (Å²) in [5.41, 5.74) is 0.510. The van der Waals surface area contributed by atoms with Crippen LogP contribution in [0.25, 0.3) is 0 Å². The lowest BCUT2D eigenvalue weighted by atomic mass is 9.94. The molecule has 5 heteroatoms. The minimum Gasteiger partial charge on any atom is -0.480 e. The Morgan fingerprint density at radius 3 is 3.11 bits per heavy atom.